The van der Waals surface area contributed by atoms with E-state index in [-0.39, 0.29) is 12.2 Å². The maximum absolute atomic E-state index is 6.12. The van der Waals surface area contributed by atoms with Crippen molar-refractivity contribution in [2.24, 2.45) is 0 Å². The molecule has 0 unspecified atom stereocenters. The Kier molecular flexibility index (Phi) is 5.70. The topological polar surface area (TPSA) is 18.5 Å². The van der Waals surface area contributed by atoms with Gasteiger partial charge >= 0.3 is 0 Å². The molecule has 0 saturated carbocycles. The summed E-state index contributed by atoms with van der Waals surface area (Å²) in [6, 6.07) is 20.9. The Hall–Kier alpha value is -0.940. The highest BCUT2D eigenvalue weighted by Crippen LogP contribution is 2.34. The molecule has 1 heterocycles. The summed E-state index contributed by atoms with van der Waals surface area (Å²) < 4.78 is 12.2. The van der Waals surface area contributed by atoms with Gasteiger partial charge < -0.3 is 9.47 Å². The molecule has 2 nitrogen and oxygen atoms in total. The van der Waals surface area contributed by atoms with E-state index in [1.165, 1.54) is 9.79 Å². The van der Waals surface area contributed by atoms with Gasteiger partial charge in [-0.15, -0.1) is 23.5 Å². The molecule has 2 atom stereocenters. The molecule has 0 aromatic heterocycles. The molecule has 3 rings (SSSR count). The second-order valence-electron chi connectivity index (χ2n) is 5.96. The van der Waals surface area contributed by atoms with Gasteiger partial charge in [-0.25, -0.2) is 0 Å². The van der Waals surface area contributed by atoms with Gasteiger partial charge in [-0.1, -0.05) is 36.4 Å². The minimum absolute atomic E-state index is 0.117. The van der Waals surface area contributed by atoms with E-state index in [1.807, 2.05) is 49.5 Å². The average Bonchev–Trinajstić information content (AvgIpc) is 2.87. The van der Waals surface area contributed by atoms with Gasteiger partial charge in [-0.05, 0) is 38.1 Å². The second-order valence-corrected chi connectivity index (χ2v) is 8.15. The average molecular weight is 347 g/mol. The molecule has 1 aliphatic heterocycles. The van der Waals surface area contributed by atoms with Gasteiger partial charge in [0.1, 0.15) is 0 Å². The van der Waals surface area contributed by atoms with Crippen molar-refractivity contribution in [2.45, 2.75) is 41.6 Å². The van der Waals surface area contributed by atoms with Gasteiger partial charge in [0, 0.05) is 21.3 Å². The highest BCUT2D eigenvalue weighted by atomic mass is 32.2. The molecule has 2 aromatic carbocycles. The van der Waals surface area contributed by atoms with E-state index in [1.54, 1.807) is 0 Å². The van der Waals surface area contributed by atoms with Crippen LogP contribution in [0.3, 0.4) is 0 Å². The van der Waals surface area contributed by atoms with Crippen LogP contribution in [0.25, 0.3) is 0 Å². The largest absolute Gasteiger partial charge is 0.344 e. The molecular weight excluding hydrogens is 324 g/mol. The Bertz CT molecular complexity index is 548. The normalized spacial score (nSPS) is 23.0. The maximum Gasteiger partial charge on any atom is 0.163 e. The first kappa shape index (κ1) is 16.9. The summed E-state index contributed by atoms with van der Waals surface area (Å²) in [5.74, 6) is 1.32. The van der Waals surface area contributed by atoms with Crippen molar-refractivity contribution in [1.29, 1.82) is 0 Å². The standard InChI is InChI=1S/C19H22O2S2/c1-19(2)20-17(13-22-15-9-5-3-6-10-15)18(21-19)14-23-16-11-7-4-8-12-16/h3-12,17-18H,13-14H2,1-2H3/t17-,18-/m0/s1. The number of rotatable bonds is 6. The van der Waals surface area contributed by atoms with Gasteiger partial charge in [0.15, 0.2) is 5.79 Å². The first-order chi connectivity index (χ1) is 11.1. The summed E-state index contributed by atoms with van der Waals surface area (Å²) in [4.78, 5) is 2.55. The molecule has 0 N–H and O–H groups in total. The van der Waals surface area contributed by atoms with Crippen LogP contribution >= 0.6 is 23.5 Å². The summed E-state index contributed by atoms with van der Waals surface area (Å²) >= 11 is 3.66. The van der Waals surface area contributed by atoms with Gasteiger partial charge in [0.05, 0.1) is 12.2 Å². The lowest BCUT2D eigenvalue weighted by Crippen LogP contribution is -2.27. The fourth-order valence-electron chi connectivity index (χ4n) is 2.58. The predicted molar refractivity (Wildman–Crippen MR) is 98.2 cm³/mol. The quantitative estimate of drug-likeness (QED) is 0.678. The SMILES string of the molecule is CC1(C)O[C@@H](CSc2ccccc2)[C@H](CSc2ccccc2)O1. The van der Waals surface area contributed by atoms with Crippen LogP contribution in [0.2, 0.25) is 0 Å². The summed E-state index contributed by atoms with van der Waals surface area (Å²) in [6.45, 7) is 4.00. The molecule has 1 fully saturated rings. The number of hydrogen-bond donors (Lipinski definition) is 0. The predicted octanol–water partition coefficient (Wildman–Crippen LogP) is 5.09. The third kappa shape index (κ3) is 5.01. The Balaban J connectivity index is 1.58. The monoisotopic (exact) mass is 346 g/mol. The van der Waals surface area contributed by atoms with Crippen LogP contribution in [-0.4, -0.2) is 29.5 Å². The number of ether oxygens (including phenoxy) is 2. The van der Waals surface area contributed by atoms with E-state index in [0.29, 0.717) is 0 Å². The summed E-state index contributed by atoms with van der Waals surface area (Å²) in [6.07, 6.45) is 0.234. The van der Waals surface area contributed by atoms with E-state index < -0.39 is 5.79 Å². The Morgan fingerprint density at radius 2 is 1.13 bits per heavy atom. The van der Waals surface area contributed by atoms with Crippen molar-refractivity contribution in [3.05, 3.63) is 60.7 Å². The van der Waals surface area contributed by atoms with Crippen molar-refractivity contribution in [3.63, 3.8) is 0 Å². The summed E-state index contributed by atoms with van der Waals surface area (Å²) in [5.41, 5.74) is 0. The molecule has 0 bridgehead atoms. The number of hydrogen-bond acceptors (Lipinski definition) is 4. The molecule has 2 aromatic rings. The molecule has 23 heavy (non-hydrogen) atoms. The van der Waals surface area contributed by atoms with Crippen LogP contribution in [0.1, 0.15) is 13.8 Å². The van der Waals surface area contributed by atoms with Gasteiger partial charge in [-0.2, -0.15) is 0 Å². The van der Waals surface area contributed by atoms with Crippen LogP contribution in [0.5, 0.6) is 0 Å². The fourth-order valence-corrected chi connectivity index (χ4v) is 4.56. The first-order valence-corrected chi connectivity index (χ1v) is 9.81. The molecule has 4 heteroatoms. The van der Waals surface area contributed by atoms with Crippen LogP contribution < -0.4 is 0 Å². The smallest absolute Gasteiger partial charge is 0.163 e. The molecule has 122 valence electrons. The van der Waals surface area contributed by atoms with Crippen molar-refractivity contribution >= 4 is 23.5 Å². The number of thioether (sulfide) groups is 2. The Morgan fingerprint density at radius 3 is 1.52 bits per heavy atom. The first-order valence-electron chi connectivity index (χ1n) is 7.84. The zero-order valence-electron chi connectivity index (χ0n) is 13.5. The van der Waals surface area contributed by atoms with E-state index in [4.69, 9.17) is 9.47 Å². The molecule has 0 radical (unpaired) electrons. The minimum atomic E-state index is -0.496. The fraction of sp³-hybridized carbons (Fsp3) is 0.368. The van der Waals surface area contributed by atoms with Crippen LogP contribution in [-0.2, 0) is 9.47 Å². The minimum Gasteiger partial charge on any atom is -0.344 e. The zero-order valence-corrected chi connectivity index (χ0v) is 15.1. The van der Waals surface area contributed by atoms with Gasteiger partial charge in [0.2, 0.25) is 0 Å². The van der Waals surface area contributed by atoms with Crippen LogP contribution in [0, 0.1) is 0 Å². The Labute approximate surface area is 147 Å². The second kappa shape index (κ2) is 7.75. The lowest BCUT2D eigenvalue weighted by molar-refractivity contribution is -0.142. The summed E-state index contributed by atoms with van der Waals surface area (Å²) in [7, 11) is 0. The highest BCUT2D eigenvalue weighted by Gasteiger charge is 2.40. The lowest BCUT2D eigenvalue weighted by Gasteiger charge is -2.16. The van der Waals surface area contributed by atoms with E-state index in [0.717, 1.165) is 11.5 Å². The van der Waals surface area contributed by atoms with E-state index in [9.17, 15) is 0 Å². The van der Waals surface area contributed by atoms with Crippen LogP contribution in [0.4, 0.5) is 0 Å². The van der Waals surface area contributed by atoms with Crippen molar-refractivity contribution in [1.82, 2.24) is 0 Å². The lowest BCUT2D eigenvalue weighted by atomic mass is 10.3. The van der Waals surface area contributed by atoms with E-state index in [2.05, 4.69) is 48.5 Å². The molecule has 0 spiro atoms. The Morgan fingerprint density at radius 1 is 0.739 bits per heavy atom. The molecular formula is C19H22O2S2. The molecule has 0 amide bonds. The third-order valence-corrected chi connectivity index (χ3v) is 5.80. The maximum atomic E-state index is 6.12. The molecule has 0 aliphatic carbocycles. The van der Waals surface area contributed by atoms with Gasteiger partial charge in [-0.3, -0.25) is 0 Å². The van der Waals surface area contributed by atoms with Crippen molar-refractivity contribution in [2.75, 3.05) is 11.5 Å². The van der Waals surface area contributed by atoms with Crippen molar-refractivity contribution in [3.8, 4) is 0 Å². The third-order valence-electron chi connectivity index (χ3n) is 3.60. The zero-order chi connectivity index (χ0) is 16.1. The molecule has 1 saturated heterocycles. The summed E-state index contributed by atoms with van der Waals surface area (Å²) in [5, 5.41) is 0. The van der Waals surface area contributed by atoms with Gasteiger partial charge in [0.25, 0.3) is 0 Å². The highest BCUT2D eigenvalue weighted by molar-refractivity contribution is 7.99. The van der Waals surface area contributed by atoms with E-state index >= 15 is 0 Å². The van der Waals surface area contributed by atoms with Crippen LogP contribution in [0.15, 0.2) is 70.5 Å². The molecule has 1 aliphatic rings. The number of benzene rings is 2. The van der Waals surface area contributed by atoms with Crippen molar-refractivity contribution < 1.29 is 9.47 Å².